The van der Waals surface area contributed by atoms with Crippen molar-refractivity contribution in [1.82, 2.24) is 0 Å². The van der Waals surface area contributed by atoms with Crippen LogP contribution in [0.15, 0.2) is 12.2 Å². The molecule has 2 N–H and O–H groups in total. The van der Waals surface area contributed by atoms with Gasteiger partial charge in [-0.3, -0.25) is 0 Å². The van der Waals surface area contributed by atoms with Crippen LogP contribution in [0.1, 0.15) is 38.5 Å². The van der Waals surface area contributed by atoms with Crippen molar-refractivity contribution in [2.24, 2.45) is 11.8 Å². The molecule has 0 aliphatic heterocycles. The molecule has 0 aromatic carbocycles. The van der Waals surface area contributed by atoms with Gasteiger partial charge in [-0.15, -0.1) is 0 Å². The van der Waals surface area contributed by atoms with E-state index in [1.165, 1.54) is 38.5 Å². The standard InChI is InChI=1S/C10H16.H2O/c1-2-5-9(6-3-1)10-7-4-8-10;/h4,7,9-10H,1-3,5-6,8H2;1H2. The molecule has 1 saturated carbocycles. The summed E-state index contributed by atoms with van der Waals surface area (Å²) in [6.45, 7) is 0. The van der Waals surface area contributed by atoms with Crippen LogP contribution in [0.25, 0.3) is 0 Å². The van der Waals surface area contributed by atoms with Crippen LogP contribution in [0.3, 0.4) is 0 Å². The highest BCUT2D eigenvalue weighted by atomic mass is 16.0. The van der Waals surface area contributed by atoms with Crippen LogP contribution in [0.2, 0.25) is 0 Å². The minimum Gasteiger partial charge on any atom is -0.412 e. The van der Waals surface area contributed by atoms with Crippen molar-refractivity contribution in [2.45, 2.75) is 38.5 Å². The smallest absolute Gasteiger partial charge is 0.0171 e. The summed E-state index contributed by atoms with van der Waals surface area (Å²) in [7, 11) is 0. The average Bonchev–Trinajstić information content (AvgIpc) is 1.86. The van der Waals surface area contributed by atoms with Crippen LogP contribution in [0.5, 0.6) is 0 Å². The van der Waals surface area contributed by atoms with Gasteiger partial charge in [-0.1, -0.05) is 31.4 Å². The summed E-state index contributed by atoms with van der Waals surface area (Å²) in [5, 5.41) is 0. The van der Waals surface area contributed by atoms with Gasteiger partial charge in [0.2, 0.25) is 0 Å². The third-order valence-corrected chi connectivity index (χ3v) is 3.05. The number of hydrogen-bond acceptors (Lipinski definition) is 0. The van der Waals surface area contributed by atoms with Gasteiger partial charge in [0, 0.05) is 0 Å². The van der Waals surface area contributed by atoms with Gasteiger partial charge >= 0.3 is 0 Å². The molecule has 1 atom stereocenters. The molecular formula is C10H18O. The number of rotatable bonds is 1. The molecule has 0 bridgehead atoms. The van der Waals surface area contributed by atoms with Crippen molar-refractivity contribution < 1.29 is 5.48 Å². The summed E-state index contributed by atoms with van der Waals surface area (Å²) in [5.41, 5.74) is 0. The van der Waals surface area contributed by atoms with Crippen molar-refractivity contribution in [3.8, 4) is 0 Å². The molecule has 1 unspecified atom stereocenters. The van der Waals surface area contributed by atoms with Crippen molar-refractivity contribution in [3.63, 3.8) is 0 Å². The van der Waals surface area contributed by atoms with E-state index in [9.17, 15) is 0 Å². The lowest BCUT2D eigenvalue weighted by Gasteiger charge is -2.31. The van der Waals surface area contributed by atoms with Gasteiger partial charge in [0.15, 0.2) is 0 Å². The van der Waals surface area contributed by atoms with Crippen LogP contribution in [-0.4, -0.2) is 5.48 Å². The zero-order chi connectivity index (χ0) is 6.81. The van der Waals surface area contributed by atoms with Gasteiger partial charge in [-0.05, 0) is 31.1 Å². The SMILES string of the molecule is C1=CC(C2CCCCC2)C1.O. The Balaban J connectivity index is 0.000000605. The van der Waals surface area contributed by atoms with E-state index in [1.807, 2.05) is 0 Å². The minimum atomic E-state index is 0. The van der Waals surface area contributed by atoms with E-state index in [1.54, 1.807) is 0 Å². The molecule has 1 heteroatoms. The Hall–Kier alpha value is -0.300. The van der Waals surface area contributed by atoms with E-state index >= 15 is 0 Å². The van der Waals surface area contributed by atoms with Crippen molar-refractivity contribution in [3.05, 3.63) is 12.2 Å². The first kappa shape index (κ1) is 8.79. The molecule has 1 nitrogen and oxygen atoms in total. The number of hydrogen-bond donors (Lipinski definition) is 0. The first-order chi connectivity index (χ1) is 4.97. The highest BCUT2D eigenvalue weighted by molar-refractivity contribution is 5.04. The van der Waals surface area contributed by atoms with Gasteiger partial charge in [0.25, 0.3) is 0 Å². The van der Waals surface area contributed by atoms with Gasteiger partial charge in [0.1, 0.15) is 0 Å². The van der Waals surface area contributed by atoms with Crippen LogP contribution in [0.4, 0.5) is 0 Å². The quantitative estimate of drug-likeness (QED) is 0.519. The summed E-state index contributed by atoms with van der Waals surface area (Å²) in [4.78, 5) is 0. The molecule has 11 heavy (non-hydrogen) atoms. The van der Waals surface area contributed by atoms with Crippen molar-refractivity contribution in [2.75, 3.05) is 0 Å². The lowest BCUT2D eigenvalue weighted by molar-refractivity contribution is 0.274. The topological polar surface area (TPSA) is 31.5 Å². The lowest BCUT2D eigenvalue weighted by atomic mass is 9.75. The highest BCUT2D eigenvalue weighted by Gasteiger charge is 2.23. The second-order valence-electron chi connectivity index (χ2n) is 3.73. The predicted octanol–water partition coefficient (Wildman–Crippen LogP) is 2.32. The molecule has 2 aliphatic carbocycles. The van der Waals surface area contributed by atoms with Crippen LogP contribution < -0.4 is 0 Å². The molecule has 0 amide bonds. The molecule has 2 aliphatic rings. The Morgan fingerprint density at radius 2 is 1.64 bits per heavy atom. The van der Waals surface area contributed by atoms with Crippen molar-refractivity contribution >= 4 is 0 Å². The zero-order valence-electron chi connectivity index (χ0n) is 7.05. The molecule has 0 heterocycles. The number of allylic oxidation sites excluding steroid dienone is 2. The van der Waals surface area contributed by atoms with Gasteiger partial charge in [-0.25, -0.2) is 0 Å². The molecule has 0 spiro atoms. The van der Waals surface area contributed by atoms with E-state index in [4.69, 9.17) is 0 Å². The fourth-order valence-corrected chi connectivity index (χ4v) is 2.21. The first-order valence-electron chi connectivity index (χ1n) is 4.63. The van der Waals surface area contributed by atoms with E-state index in [2.05, 4.69) is 12.2 Å². The van der Waals surface area contributed by atoms with Crippen LogP contribution in [-0.2, 0) is 0 Å². The van der Waals surface area contributed by atoms with Gasteiger partial charge in [-0.2, -0.15) is 0 Å². The largest absolute Gasteiger partial charge is 0.412 e. The van der Waals surface area contributed by atoms with E-state index in [-0.39, 0.29) is 5.48 Å². The second-order valence-corrected chi connectivity index (χ2v) is 3.73. The Labute approximate surface area is 68.8 Å². The monoisotopic (exact) mass is 154 g/mol. The average molecular weight is 154 g/mol. The molecule has 0 radical (unpaired) electrons. The van der Waals surface area contributed by atoms with Gasteiger partial charge in [0.05, 0.1) is 0 Å². The first-order valence-corrected chi connectivity index (χ1v) is 4.63. The second kappa shape index (κ2) is 3.91. The van der Waals surface area contributed by atoms with Crippen LogP contribution in [0, 0.1) is 11.8 Å². The maximum Gasteiger partial charge on any atom is -0.0171 e. The Bertz CT molecular complexity index is 134. The van der Waals surface area contributed by atoms with Gasteiger partial charge < -0.3 is 5.48 Å². The maximum absolute atomic E-state index is 2.41. The zero-order valence-corrected chi connectivity index (χ0v) is 7.05. The third-order valence-electron chi connectivity index (χ3n) is 3.05. The normalized spacial score (nSPS) is 30.7. The lowest BCUT2D eigenvalue weighted by Crippen LogP contribution is -2.19. The predicted molar refractivity (Wildman–Crippen MR) is 47.4 cm³/mol. The summed E-state index contributed by atoms with van der Waals surface area (Å²) in [6.07, 6.45) is 13.6. The minimum absolute atomic E-state index is 0. The van der Waals surface area contributed by atoms with E-state index in [0.717, 1.165) is 11.8 Å². The maximum atomic E-state index is 2.41. The molecule has 1 fully saturated rings. The Morgan fingerprint density at radius 3 is 2.09 bits per heavy atom. The fraction of sp³-hybridized carbons (Fsp3) is 0.800. The molecule has 64 valence electrons. The summed E-state index contributed by atoms with van der Waals surface area (Å²) in [5.74, 6) is 2.05. The highest BCUT2D eigenvalue weighted by Crippen LogP contribution is 2.36. The molecule has 0 saturated heterocycles. The molecule has 2 rings (SSSR count). The molecule has 0 aromatic heterocycles. The third kappa shape index (κ3) is 1.84. The van der Waals surface area contributed by atoms with E-state index in [0.29, 0.717) is 0 Å². The molecule has 0 aromatic rings. The summed E-state index contributed by atoms with van der Waals surface area (Å²) >= 11 is 0. The van der Waals surface area contributed by atoms with E-state index < -0.39 is 0 Å². The summed E-state index contributed by atoms with van der Waals surface area (Å²) < 4.78 is 0. The Morgan fingerprint density at radius 1 is 1.00 bits per heavy atom. The Kier molecular flexibility index (Phi) is 3.13. The van der Waals surface area contributed by atoms with Crippen molar-refractivity contribution in [1.29, 1.82) is 0 Å². The molecular weight excluding hydrogens is 136 g/mol. The fourth-order valence-electron chi connectivity index (χ4n) is 2.21. The van der Waals surface area contributed by atoms with Crippen LogP contribution >= 0.6 is 0 Å². The summed E-state index contributed by atoms with van der Waals surface area (Å²) in [6, 6.07) is 0.